The number of ether oxygens (including phenoxy) is 1. The minimum absolute atomic E-state index is 0.320. The average Bonchev–Trinajstić information content (AvgIpc) is 2.40. The van der Waals surface area contributed by atoms with E-state index < -0.39 is 0 Å². The van der Waals surface area contributed by atoms with Gasteiger partial charge in [-0.15, -0.1) is 0 Å². The SMILES string of the molecule is CC1CCC(OCC(O)CNCC2(N(C)C)CCC2)CC1. The zero-order valence-electron chi connectivity index (χ0n) is 14.1. The summed E-state index contributed by atoms with van der Waals surface area (Å²) in [4.78, 5) is 2.33. The summed E-state index contributed by atoms with van der Waals surface area (Å²) in [5, 5.41) is 13.5. The number of nitrogens with zero attached hydrogens (tertiary/aromatic N) is 1. The van der Waals surface area contributed by atoms with E-state index in [1.54, 1.807) is 0 Å². The molecule has 0 spiro atoms. The van der Waals surface area contributed by atoms with E-state index >= 15 is 0 Å². The molecule has 0 heterocycles. The van der Waals surface area contributed by atoms with Crippen LogP contribution in [0.4, 0.5) is 0 Å². The lowest BCUT2D eigenvalue weighted by atomic mass is 9.75. The van der Waals surface area contributed by atoms with Crippen LogP contribution in [0.25, 0.3) is 0 Å². The summed E-state index contributed by atoms with van der Waals surface area (Å²) in [5.74, 6) is 0.848. The molecule has 0 radical (unpaired) electrons. The Bertz CT molecular complexity index is 297. The molecule has 1 atom stereocenters. The number of hydrogen-bond donors (Lipinski definition) is 2. The van der Waals surface area contributed by atoms with Crippen LogP contribution in [0.1, 0.15) is 51.9 Å². The molecular weight excluding hydrogens is 264 g/mol. The van der Waals surface area contributed by atoms with Crippen LogP contribution in [-0.4, -0.2) is 61.5 Å². The van der Waals surface area contributed by atoms with Gasteiger partial charge in [-0.3, -0.25) is 0 Å². The highest BCUT2D eigenvalue weighted by Gasteiger charge is 2.38. The van der Waals surface area contributed by atoms with Crippen molar-refractivity contribution in [1.29, 1.82) is 0 Å². The largest absolute Gasteiger partial charge is 0.389 e. The molecule has 0 bridgehead atoms. The van der Waals surface area contributed by atoms with Crippen LogP contribution in [0, 0.1) is 5.92 Å². The lowest BCUT2D eigenvalue weighted by Crippen LogP contribution is -2.57. The minimum Gasteiger partial charge on any atom is -0.389 e. The second-order valence-electron chi connectivity index (χ2n) is 7.47. The molecule has 0 aromatic heterocycles. The average molecular weight is 298 g/mol. The smallest absolute Gasteiger partial charge is 0.0897 e. The standard InChI is InChI=1S/C17H34N2O2/c1-14-5-7-16(8-6-14)21-12-15(20)11-18-13-17(19(2)3)9-4-10-17/h14-16,18,20H,4-13H2,1-3H3. The van der Waals surface area contributed by atoms with Crippen LogP contribution in [-0.2, 0) is 4.74 Å². The van der Waals surface area contributed by atoms with Gasteiger partial charge in [0.15, 0.2) is 0 Å². The Kier molecular flexibility index (Phi) is 6.48. The van der Waals surface area contributed by atoms with Crippen molar-refractivity contribution in [2.45, 2.75) is 69.6 Å². The van der Waals surface area contributed by atoms with Gasteiger partial charge >= 0.3 is 0 Å². The maximum Gasteiger partial charge on any atom is 0.0897 e. The van der Waals surface area contributed by atoms with Crippen molar-refractivity contribution in [2.75, 3.05) is 33.8 Å². The summed E-state index contributed by atoms with van der Waals surface area (Å²) < 4.78 is 5.86. The zero-order valence-corrected chi connectivity index (χ0v) is 14.1. The van der Waals surface area contributed by atoms with Gasteiger partial charge in [0, 0.05) is 18.6 Å². The number of hydrogen-bond acceptors (Lipinski definition) is 4. The van der Waals surface area contributed by atoms with Crippen molar-refractivity contribution < 1.29 is 9.84 Å². The van der Waals surface area contributed by atoms with Crippen molar-refractivity contribution in [3.05, 3.63) is 0 Å². The Hall–Kier alpha value is -0.160. The fourth-order valence-electron chi connectivity index (χ4n) is 3.54. The first-order valence-electron chi connectivity index (χ1n) is 8.70. The molecule has 21 heavy (non-hydrogen) atoms. The van der Waals surface area contributed by atoms with E-state index in [1.807, 2.05) is 0 Å². The highest BCUT2D eigenvalue weighted by Crippen LogP contribution is 2.35. The Morgan fingerprint density at radius 2 is 1.90 bits per heavy atom. The molecule has 124 valence electrons. The van der Waals surface area contributed by atoms with E-state index in [2.05, 4.69) is 31.2 Å². The third-order valence-electron chi connectivity index (χ3n) is 5.55. The third kappa shape index (κ3) is 4.92. The predicted molar refractivity (Wildman–Crippen MR) is 86.5 cm³/mol. The van der Waals surface area contributed by atoms with Gasteiger partial charge in [0.25, 0.3) is 0 Å². The van der Waals surface area contributed by atoms with E-state index in [4.69, 9.17) is 4.74 Å². The van der Waals surface area contributed by atoms with Crippen molar-refractivity contribution in [2.24, 2.45) is 5.92 Å². The first-order valence-corrected chi connectivity index (χ1v) is 8.70. The Morgan fingerprint density at radius 1 is 1.24 bits per heavy atom. The maximum atomic E-state index is 10.1. The molecule has 2 aliphatic rings. The Labute approximate surface area is 130 Å². The molecule has 2 rings (SSSR count). The lowest BCUT2D eigenvalue weighted by molar-refractivity contribution is -0.0295. The normalized spacial score (nSPS) is 30.1. The van der Waals surface area contributed by atoms with Crippen molar-refractivity contribution in [3.63, 3.8) is 0 Å². The molecular formula is C17H34N2O2. The van der Waals surface area contributed by atoms with E-state index in [-0.39, 0.29) is 6.10 Å². The summed E-state index contributed by atoms with van der Waals surface area (Å²) >= 11 is 0. The number of aliphatic hydroxyl groups is 1. The van der Waals surface area contributed by atoms with Gasteiger partial charge in [0.05, 0.1) is 18.8 Å². The monoisotopic (exact) mass is 298 g/mol. The number of likely N-dealkylation sites (N-methyl/N-ethyl adjacent to an activating group) is 1. The molecule has 2 saturated carbocycles. The van der Waals surface area contributed by atoms with Crippen molar-refractivity contribution in [1.82, 2.24) is 10.2 Å². The third-order valence-corrected chi connectivity index (χ3v) is 5.55. The van der Waals surface area contributed by atoms with Crippen LogP contribution >= 0.6 is 0 Å². The van der Waals surface area contributed by atoms with Gasteiger partial charge in [-0.05, 0) is 65.0 Å². The number of nitrogens with one attached hydrogen (secondary N) is 1. The molecule has 4 heteroatoms. The molecule has 0 amide bonds. The van der Waals surface area contributed by atoms with E-state index in [0.29, 0.717) is 24.8 Å². The van der Waals surface area contributed by atoms with Gasteiger partial charge in [0.1, 0.15) is 0 Å². The number of aliphatic hydroxyl groups excluding tert-OH is 1. The summed E-state index contributed by atoms with van der Waals surface area (Å²) in [6.45, 7) is 4.40. The van der Waals surface area contributed by atoms with E-state index in [0.717, 1.165) is 25.3 Å². The molecule has 0 aromatic carbocycles. The molecule has 2 N–H and O–H groups in total. The quantitative estimate of drug-likeness (QED) is 0.719. The Balaban J connectivity index is 1.56. The summed E-state index contributed by atoms with van der Waals surface area (Å²) in [7, 11) is 4.31. The molecule has 2 fully saturated rings. The summed E-state index contributed by atoms with van der Waals surface area (Å²) in [6, 6.07) is 0. The summed E-state index contributed by atoms with van der Waals surface area (Å²) in [5.41, 5.74) is 0.320. The van der Waals surface area contributed by atoms with Gasteiger partial charge in [-0.2, -0.15) is 0 Å². The molecule has 0 aromatic rings. The van der Waals surface area contributed by atoms with Crippen LogP contribution in [0.3, 0.4) is 0 Å². The van der Waals surface area contributed by atoms with Crippen molar-refractivity contribution >= 4 is 0 Å². The Morgan fingerprint density at radius 3 is 2.43 bits per heavy atom. The minimum atomic E-state index is -0.386. The van der Waals surface area contributed by atoms with Crippen molar-refractivity contribution in [3.8, 4) is 0 Å². The fourth-order valence-corrected chi connectivity index (χ4v) is 3.54. The van der Waals surface area contributed by atoms with Crippen LogP contribution in [0.2, 0.25) is 0 Å². The van der Waals surface area contributed by atoms with Gasteiger partial charge in [-0.25, -0.2) is 0 Å². The molecule has 0 aliphatic heterocycles. The van der Waals surface area contributed by atoms with Gasteiger partial charge in [0.2, 0.25) is 0 Å². The maximum absolute atomic E-state index is 10.1. The molecule has 2 aliphatic carbocycles. The highest BCUT2D eigenvalue weighted by molar-refractivity contribution is 4.97. The predicted octanol–water partition coefficient (Wildman–Crippen LogP) is 2.02. The highest BCUT2D eigenvalue weighted by atomic mass is 16.5. The summed E-state index contributed by atoms with van der Waals surface area (Å²) in [6.07, 6.45) is 8.69. The molecule has 4 nitrogen and oxygen atoms in total. The van der Waals surface area contributed by atoms with E-state index in [1.165, 1.54) is 32.1 Å². The lowest BCUT2D eigenvalue weighted by Gasteiger charge is -2.47. The first-order chi connectivity index (χ1) is 10.0. The molecule has 1 unspecified atom stereocenters. The second kappa shape index (κ2) is 7.91. The number of rotatable bonds is 8. The van der Waals surface area contributed by atoms with Crippen LogP contribution in [0.15, 0.2) is 0 Å². The van der Waals surface area contributed by atoms with E-state index in [9.17, 15) is 5.11 Å². The zero-order chi connectivity index (χ0) is 15.3. The fraction of sp³-hybridized carbons (Fsp3) is 1.00. The van der Waals surface area contributed by atoms with Gasteiger partial charge in [-0.1, -0.05) is 6.92 Å². The topological polar surface area (TPSA) is 44.7 Å². The van der Waals surface area contributed by atoms with Crippen LogP contribution in [0.5, 0.6) is 0 Å². The van der Waals surface area contributed by atoms with Crippen LogP contribution < -0.4 is 5.32 Å². The second-order valence-corrected chi connectivity index (χ2v) is 7.47. The molecule has 0 saturated heterocycles. The first kappa shape index (κ1) is 17.2. The van der Waals surface area contributed by atoms with Gasteiger partial charge < -0.3 is 20.1 Å².